The van der Waals surface area contributed by atoms with Gasteiger partial charge < -0.3 is 31.1 Å². The van der Waals surface area contributed by atoms with Crippen LogP contribution in [0.15, 0.2) is 0 Å². The number of hydrogen-bond donors (Lipinski definition) is 5. The van der Waals surface area contributed by atoms with Crippen LogP contribution in [0.25, 0.3) is 0 Å². The minimum absolute atomic E-state index is 0.537. The maximum absolute atomic E-state index is 13.5. The number of hydrogen-bond acceptors (Lipinski definition) is 5. The van der Waals surface area contributed by atoms with Gasteiger partial charge in [-0.1, -0.05) is 20.8 Å². The van der Waals surface area contributed by atoms with Gasteiger partial charge >= 0.3 is 12.3 Å². The summed E-state index contributed by atoms with van der Waals surface area (Å²) in [6.45, 7) is 4.59. The molecule has 1 saturated heterocycles. The Morgan fingerprint density at radius 1 is 1.03 bits per heavy atom. The van der Waals surface area contributed by atoms with Crippen molar-refractivity contribution in [2.75, 3.05) is 13.6 Å². The number of piperidine rings is 1. The standard InChI is InChI=1S/C22H35F5N4O6/c1-20(2,3)15(30-19(36)37)18(35)31-9-7-11(22(25,26)27)10-13(31)16(33)29-12(6-8-21(4,23)24)14(32)17(34)28-5/h11-15,30,32H,6-10H2,1-5H3,(H,28,34)(H,29,33)(H,36,37)/t11-,12+,13+,14?,15-/m1/s1. The average molecular weight is 547 g/mol. The van der Waals surface area contributed by atoms with E-state index >= 15 is 0 Å². The lowest BCUT2D eigenvalue weighted by Gasteiger charge is -2.43. The SMILES string of the molecule is CNC(=O)C(O)[C@H](CCC(C)(F)F)NC(=O)[C@@H]1C[C@H](C(F)(F)F)CCN1C(=O)[C@@H](NC(=O)O)C(C)(C)C. The van der Waals surface area contributed by atoms with E-state index in [0.717, 1.165) is 11.9 Å². The zero-order valence-corrected chi connectivity index (χ0v) is 21.3. The Hall–Kier alpha value is -2.71. The molecule has 1 aliphatic heterocycles. The van der Waals surface area contributed by atoms with Gasteiger partial charge in [-0.3, -0.25) is 14.4 Å². The quantitative estimate of drug-likeness (QED) is 0.279. The number of halogens is 5. The number of likely N-dealkylation sites (tertiary alicyclic amines) is 1. The highest BCUT2D eigenvalue weighted by Crippen LogP contribution is 2.37. The van der Waals surface area contributed by atoms with Crippen LogP contribution in [0.3, 0.4) is 0 Å². The van der Waals surface area contributed by atoms with Crippen LogP contribution in [0.4, 0.5) is 26.7 Å². The third-order valence-corrected chi connectivity index (χ3v) is 6.15. The van der Waals surface area contributed by atoms with Crippen LogP contribution in [0.2, 0.25) is 0 Å². The molecule has 0 aromatic rings. The normalized spacial score (nSPS) is 21.4. The molecule has 0 radical (unpaired) electrons. The number of carboxylic acid groups (broad SMARTS) is 1. The summed E-state index contributed by atoms with van der Waals surface area (Å²) < 4.78 is 67.5. The summed E-state index contributed by atoms with van der Waals surface area (Å²) in [5.74, 6) is -8.37. The number of likely N-dealkylation sites (N-methyl/N-ethyl adjacent to an activating group) is 1. The molecule has 10 nitrogen and oxygen atoms in total. The fraction of sp³-hybridized carbons (Fsp3) is 0.818. The summed E-state index contributed by atoms with van der Waals surface area (Å²) in [7, 11) is 1.15. The van der Waals surface area contributed by atoms with E-state index in [-0.39, 0.29) is 0 Å². The molecule has 0 aromatic heterocycles. The monoisotopic (exact) mass is 546 g/mol. The van der Waals surface area contributed by atoms with E-state index in [2.05, 4.69) is 10.6 Å². The van der Waals surface area contributed by atoms with Crippen molar-refractivity contribution < 1.29 is 51.3 Å². The molecular weight excluding hydrogens is 511 g/mol. The van der Waals surface area contributed by atoms with E-state index in [9.17, 15) is 46.2 Å². The van der Waals surface area contributed by atoms with Crippen LogP contribution in [0.1, 0.15) is 53.4 Å². The fourth-order valence-corrected chi connectivity index (χ4v) is 4.04. The first kappa shape index (κ1) is 32.3. The Morgan fingerprint density at radius 3 is 2.03 bits per heavy atom. The van der Waals surface area contributed by atoms with Crippen LogP contribution in [0, 0.1) is 11.3 Å². The fourth-order valence-electron chi connectivity index (χ4n) is 4.04. The Bertz CT molecular complexity index is 843. The Labute approximate surface area is 211 Å². The molecule has 15 heteroatoms. The topological polar surface area (TPSA) is 148 Å². The van der Waals surface area contributed by atoms with Gasteiger partial charge in [-0.15, -0.1) is 0 Å². The molecule has 0 spiro atoms. The molecule has 0 saturated carbocycles. The lowest BCUT2D eigenvalue weighted by Crippen LogP contribution is -2.63. The third-order valence-electron chi connectivity index (χ3n) is 6.15. The van der Waals surface area contributed by atoms with Crippen molar-refractivity contribution in [3.63, 3.8) is 0 Å². The second-order valence-electron chi connectivity index (χ2n) is 10.3. The van der Waals surface area contributed by atoms with Gasteiger partial charge in [0, 0.05) is 20.0 Å². The number of nitrogens with one attached hydrogen (secondary N) is 3. The Morgan fingerprint density at radius 2 is 1.59 bits per heavy atom. The highest BCUT2D eigenvalue weighted by atomic mass is 19.4. The second kappa shape index (κ2) is 12.2. The van der Waals surface area contributed by atoms with Crippen molar-refractivity contribution in [1.29, 1.82) is 0 Å². The number of carbonyl (C=O) groups excluding carboxylic acids is 3. The minimum atomic E-state index is -4.71. The molecule has 1 unspecified atom stereocenters. The van der Waals surface area contributed by atoms with E-state index < -0.39 is 104 Å². The van der Waals surface area contributed by atoms with Crippen LogP contribution in [-0.2, 0) is 14.4 Å². The number of aliphatic hydroxyl groups is 1. The summed E-state index contributed by atoms with van der Waals surface area (Å²) in [5, 5.41) is 25.7. The van der Waals surface area contributed by atoms with Gasteiger partial charge in [0.2, 0.25) is 17.7 Å². The van der Waals surface area contributed by atoms with Crippen molar-refractivity contribution in [1.82, 2.24) is 20.9 Å². The Balaban J connectivity index is 3.36. The van der Waals surface area contributed by atoms with Gasteiger partial charge in [0.25, 0.3) is 5.91 Å². The highest BCUT2D eigenvalue weighted by molar-refractivity contribution is 5.92. The second-order valence-corrected chi connectivity index (χ2v) is 10.3. The molecule has 1 aliphatic rings. The first-order chi connectivity index (χ1) is 16.7. The molecule has 37 heavy (non-hydrogen) atoms. The molecule has 4 amide bonds. The van der Waals surface area contributed by atoms with Gasteiger partial charge in [-0.25, -0.2) is 13.6 Å². The first-order valence-electron chi connectivity index (χ1n) is 11.6. The molecule has 214 valence electrons. The number of alkyl halides is 5. The smallest absolute Gasteiger partial charge is 0.405 e. The maximum atomic E-state index is 13.5. The zero-order valence-electron chi connectivity index (χ0n) is 21.3. The molecular formula is C22H35F5N4O6. The lowest BCUT2D eigenvalue weighted by molar-refractivity contribution is -0.193. The maximum Gasteiger partial charge on any atom is 0.405 e. The van der Waals surface area contributed by atoms with Gasteiger partial charge in [-0.05, 0) is 31.6 Å². The van der Waals surface area contributed by atoms with Gasteiger partial charge in [0.15, 0.2) is 6.10 Å². The molecule has 0 aromatic carbocycles. The van der Waals surface area contributed by atoms with Crippen molar-refractivity contribution >= 4 is 23.8 Å². The predicted octanol–water partition coefficient (Wildman–Crippen LogP) is 1.87. The third kappa shape index (κ3) is 9.59. The molecule has 1 heterocycles. The van der Waals surface area contributed by atoms with Crippen molar-refractivity contribution in [2.24, 2.45) is 11.3 Å². The molecule has 5 atom stereocenters. The zero-order chi connectivity index (χ0) is 28.9. The van der Waals surface area contributed by atoms with Gasteiger partial charge in [0.05, 0.1) is 12.0 Å². The number of nitrogens with zero attached hydrogens (tertiary/aromatic N) is 1. The van der Waals surface area contributed by atoms with E-state index in [1.54, 1.807) is 0 Å². The average Bonchev–Trinajstić information content (AvgIpc) is 2.76. The predicted molar refractivity (Wildman–Crippen MR) is 121 cm³/mol. The van der Waals surface area contributed by atoms with E-state index in [0.29, 0.717) is 6.92 Å². The van der Waals surface area contributed by atoms with Crippen molar-refractivity contribution in [3.05, 3.63) is 0 Å². The van der Waals surface area contributed by atoms with Crippen molar-refractivity contribution in [2.45, 2.75) is 89.7 Å². The van der Waals surface area contributed by atoms with Crippen LogP contribution in [-0.4, -0.2) is 88.8 Å². The van der Waals surface area contributed by atoms with E-state index in [1.165, 1.54) is 20.8 Å². The Kier molecular flexibility index (Phi) is 10.7. The summed E-state index contributed by atoms with van der Waals surface area (Å²) in [6, 6.07) is -4.79. The van der Waals surface area contributed by atoms with E-state index in [1.807, 2.05) is 5.32 Å². The van der Waals surface area contributed by atoms with E-state index in [4.69, 9.17) is 5.11 Å². The number of rotatable bonds is 9. The minimum Gasteiger partial charge on any atom is -0.465 e. The summed E-state index contributed by atoms with van der Waals surface area (Å²) in [6.07, 6.45) is -11.2. The summed E-state index contributed by atoms with van der Waals surface area (Å²) in [4.78, 5) is 50.5. The molecule has 1 fully saturated rings. The van der Waals surface area contributed by atoms with Crippen LogP contribution in [0.5, 0.6) is 0 Å². The first-order valence-corrected chi connectivity index (χ1v) is 11.6. The van der Waals surface area contributed by atoms with Gasteiger partial charge in [-0.2, -0.15) is 13.2 Å². The van der Waals surface area contributed by atoms with Crippen LogP contribution < -0.4 is 16.0 Å². The summed E-state index contributed by atoms with van der Waals surface area (Å²) >= 11 is 0. The molecule has 5 N–H and O–H groups in total. The molecule has 1 rings (SSSR count). The number of carbonyl (C=O) groups is 4. The molecule has 0 bridgehead atoms. The van der Waals surface area contributed by atoms with Gasteiger partial charge in [0.1, 0.15) is 12.1 Å². The summed E-state index contributed by atoms with van der Waals surface area (Å²) in [5.41, 5.74) is -1.03. The van der Waals surface area contributed by atoms with Crippen LogP contribution >= 0.6 is 0 Å². The number of amides is 4. The largest absolute Gasteiger partial charge is 0.465 e. The van der Waals surface area contributed by atoms with Crippen molar-refractivity contribution in [3.8, 4) is 0 Å². The lowest BCUT2D eigenvalue weighted by atomic mass is 9.83. The number of aliphatic hydroxyl groups excluding tert-OH is 1. The molecule has 0 aliphatic carbocycles. The highest BCUT2D eigenvalue weighted by Gasteiger charge is 2.49.